The highest BCUT2D eigenvalue weighted by Gasteiger charge is 2.06. The van der Waals surface area contributed by atoms with Crippen molar-refractivity contribution in [2.45, 2.75) is 0 Å². The van der Waals surface area contributed by atoms with Crippen LogP contribution in [0.3, 0.4) is 0 Å². The van der Waals surface area contributed by atoms with E-state index in [1.54, 1.807) is 24.5 Å². The van der Waals surface area contributed by atoms with Crippen LogP contribution in [0.5, 0.6) is 0 Å². The number of aldehydes is 1. The van der Waals surface area contributed by atoms with E-state index in [1.165, 1.54) is 6.20 Å². The van der Waals surface area contributed by atoms with Gasteiger partial charge in [-0.25, -0.2) is 4.98 Å². The zero-order valence-corrected chi connectivity index (χ0v) is 7.72. The van der Waals surface area contributed by atoms with E-state index in [0.717, 1.165) is 11.6 Å². The molecule has 0 saturated carbocycles. The minimum atomic E-state index is -0.662. The highest BCUT2D eigenvalue weighted by atomic mass is 19.1. The fourth-order valence-electron chi connectivity index (χ4n) is 1.30. The zero-order chi connectivity index (χ0) is 10.7. The minimum Gasteiger partial charge on any atom is -0.298 e. The molecule has 2 aromatic heterocycles. The summed E-state index contributed by atoms with van der Waals surface area (Å²) in [4.78, 5) is 18.2. The van der Waals surface area contributed by atoms with E-state index < -0.39 is 5.95 Å². The fraction of sp³-hybridized carbons (Fsp3) is 0. The summed E-state index contributed by atoms with van der Waals surface area (Å²) < 4.78 is 12.8. The number of halogens is 1. The van der Waals surface area contributed by atoms with Crippen LogP contribution in [0.1, 0.15) is 10.4 Å². The molecule has 0 saturated heterocycles. The summed E-state index contributed by atoms with van der Waals surface area (Å²) >= 11 is 0. The van der Waals surface area contributed by atoms with Crippen molar-refractivity contribution in [3.63, 3.8) is 0 Å². The van der Waals surface area contributed by atoms with Crippen LogP contribution in [0.2, 0.25) is 0 Å². The third-order valence-corrected chi connectivity index (χ3v) is 2.00. The Hall–Kier alpha value is -2.10. The van der Waals surface area contributed by atoms with Gasteiger partial charge < -0.3 is 0 Å². The Labute approximate surface area is 85.6 Å². The summed E-state index contributed by atoms with van der Waals surface area (Å²) in [6.45, 7) is 0. The van der Waals surface area contributed by atoms with E-state index in [1.807, 2.05) is 0 Å². The lowest BCUT2D eigenvalue weighted by molar-refractivity contribution is 0.112. The normalized spacial score (nSPS) is 9.93. The van der Waals surface area contributed by atoms with Crippen LogP contribution in [-0.4, -0.2) is 16.3 Å². The number of aromatic nitrogens is 2. The van der Waals surface area contributed by atoms with E-state index >= 15 is 0 Å². The highest BCUT2D eigenvalue weighted by molar-refractivity contribution is 5.86. The van der Waals surface area contributed by atoms with Crippen molar-refractivity contribution in [3.8, 4) is 11.1 Å². The topological polar surface area (TPSA) is 42.9 Å². The first-order valence-corrected chi connectivity index (χ1v) is 4.32. The summed E-state index contributed by atoms with van der Waals surface area (Å²) in [6, 6.07) is 4.64. The van der Waals surface area contributed by atoms with Gasteiger partial charge in [0.05, 0.1) is 0 Å². The minimum absolute atomic E-state index is 0.274. The molecule has 2 heterocycles. The molecule has 2 rings (SSSR count). The monoisotopic (exact) mass is 202 g/mol. The molecule has 3 nitrogen and oxygen atoms in total. The first-order chi connectivity index (χ1) is 7.31. The van der Waals surface area contributed by atoms with Crippen LogP contribution >= 0.6 is 0 Å². The van der Waals surface area contributed by atoms with Gasteiger partial charge in [-0.3, -0.25) is 9.78 Å². The molecule has 0 bridgehead atoms. The molecule has 15 heavy (non-hydrogen) atoms. The van der Waals surface area contributed by atoms with Crippen molar-refractivity contribution in [1.29, 1.82) is 0 Å². The largest absolute Gasteiger partial charge is 0.298 e. The van der Waals surface area contributed by atoms with E-state index in [-0.39, 0.29) is 5.56 Å². The van der Waals surface area contributed by atoms with E-state index in [4.69, 9.17) is 0 Å². The molecule has 0 fully saturated rings. The molecule has 0 aromatic carbocycles. The lowest BCUT2D eigenvalue weighted by Gasteiger charge is -2.02. The van der Waals surface area contributed by atoms with Crippen LogP contribution in [0, 0.1) is 5.95 Å². The van der Waals surface area contributed by atoms with Gasteiger partial charge in [-0.2, -0.15) is 4.39 Å². The van der Waals surface area contributed by atoms with E-state index in [0.29, 0.717) is 11.8 Å². The van der Waals surface area contributed by atoms with Crippen molar-refractivity contribution >= 4 is 6.29 Å². The van der Waals surface area contributed by atoms with Gasteiger partial charge in [0, 0.05) is 41.3 Å². The Kier molecular flexibility index (Phi) is 2.49. The smallest absolute Gasteiger partial charge is 0.213 e. The molecule has 0 atom stereocenters. The summed E-state index contributed by atoms with van der Waals surface area (Å²) in [6.07, 6.45) is 5.16. The standard InChI is InChI=1S/C11H7FN2O/c12-11-4-9(7-15)10(6-14-11)8-2-1-3-13-5-8/h1-7H. The fourth-order valence-corrected chi connectivity index (χ4v) is 1.30. The predicted molar refractivity (Wildman–Crippen MR) is 52.8 cm³/mol. The molecular weight excluding hydrogens is 195 g/mol. The van der Waals surface area contributed by atoms with Crippen LogP contribution in [0.25, 0.3) is 11.1 Å². The molecule has 0 amide bonds. The van der Waals surface area contributed by atoms with Crippen LogP contribution in [0.15, 0.2) is 36.8 Å². The maximum atomic E-state index is 12.8. The van der Waals surface area contributed by atoms with Gasteiger partial charge in [0.25, 0.3) is 0 Å². The molecule has 74 valence electrons. The summed E-state index contributed by atoms with van der Waals surface area (Å²) in [5.74, 6) is -0.662. The third kappa shape index (κ3) is 1.88. The Morgan fingerprint density at radius 1 is 1.33 bits per heavy atom. The lowest BCUT2D eigenvalue weighted by atomic mass is 10.1. The van der Waals surface area contributed by atoms with Gasteiger partial charge in [0.15, 0.2) is 6.29 Å². The second-order valence-electron chi connectivity index (χ2n) is 2.95. The molecule has 0 aliphatic rings. The molecule has 0 radical (unpaired) electrons. The predicted octanol–water partition coefficient (Wildman–Crippen LogP) is 2.10. The molecule has 4 heteroatoms. The maximum Gasteiger partial charge on any atom is 0.213 e. The van der Waals surface area contributed by atoms with E-state index in [2.05, 4.69) is 9.97 Å². The van der Waals surface area contributed by atoms with Crippen molar-refractivity contribution in [2.75, 3.05) is 0 Å². The number of carbonyl (C=O) groups is 1. The molecule has 0 N–H and O–H groups in total. The second kappa shape index (κ2) is 3.96. The van der Waals surface area contributed by atoms with Crippen molar-refractivity contribution < 1.29 is 9.18 Å². The number of hydrogen-bond acceptors (Lipinski definition) is 3. The van der Waals surface area contributed by atoms with Gasteiger partial charge >= 0.3 is 0 Å². The van der Waals surface area contributed by atoms with Crippen molar-refractivity contribution in [1.82, 2.24) is 9.97 Å². The van der Waals surface area contributed by atoms with E-state index in [9.17, 15) is 9.18 Å². The first kappa shape index (κ1) is 9.45. The first-order valence-electron chi connectivity index (χ1n) is 4.32. The summed E-state index contributed by atoms with van der Waals surface area (Å²) in [5, 5.41) is 0. The van der Waals surface area contributed by atoms with Gasteiger partial charge in [-0.05, 0) is 6.07 Å². The number of nitrogens with zero attached hydrogens (tertiary/aromatic N) is 2. The molecule has 0 unspecified atom stereocenters. The Morgan fingerprint density at radius 3 is 2.87 bits per heavy atom. The van der Waals surface area contributed by atoms with Crippen molar-refractivity contribution in [3.05, 3.63) is 48.3 Å². The zero-order valence-electron chi connectivity index (χ0n) is 7.72. The van der Waals surface area contributed by atoms with Crippen LogP contribution in [0.4, 0.5) is 4.39 Å². The van der Waals surface area contributed by atoms with Gasteiger partial charge in [0.2, 0.25) is 5.95 Å². The number of rotatable bonds is 2. The molecule has 0 aliphatic carbocycles. The average molecular weight is 202 g/mol. The quantitative estimate of drug-likeness (QED) is 0.553. The Bertz CT molecular complexity index is 485. The van der Waals surface area contributed by atoms with Crippen molar-refractivity contribution in [2.24, 2.45) is 0 Å². The highest BCUT2D eigenvalue weighted by Crippen LogP contribution is 2.20. The number of hydrogen-bond donors (Lipinski definition) is 0. The second-order valence-corrected chi connectivity index (χ2v) is 2.95. The average Bonchev–Trinajstić information content (AvgIpc) is 2.30. The Morgan fingerprint density at radius 2 is 2.20 bits per heavy atom. The third-order valence-electron chi connectivity index (χ3n) is 2.00. The summed E-state index contributed by atoms with van der Waals surface area (Å²) in [5.41, 5.74) is 1.60. The maximum absolute atomic E-state index is 12.8. The van der Waals surface area contributed by atoms with Crippen LogP contribution in [-0.2, 0) is 0 Å². The Balaban J connectivity index is 2.58. The summed E-state index contributed by atoms with van der Waals surface area (Å²) in [7, 11) is 0. The lowest BCUT2D eigenvalue weighted by Crippen LogP contribution is -1.92. The molecular formula is C11H7FN2O. The SMILES string of the molecule is O=Cc1cc(F)ncc1-c1cccnc1. The molecule has 0 aliphatic heterocycles. The van der Waals surface area contributed by atoms with Gasteiger partial charge in [-0.1, -0.05) is 6.07 Å². The number of pyridine rings is 2. The van der Waals surface area contributed by atoms with Crippen LogP contribution < -0.4 is 0 Å². The number of carbonyl (C=O) groups excluding carboxylic acids is 1. The van der Waals surface area contributed by atoms with Gasteiger partial charge in [-0.15, -0.1) is 0 Å². The molecule has 0 spiro atoms. The molecule has 2 aromatic rings. The van der Waals surface area contributed by atoms with Gasteiger partial charge in [0.1, 0.15) is 0 Å².